The number of benzene rings is 1. The smallest absolute Gasteiger partial charge is 0.206 e. The Morgan fingerprint density at radius 3 is 2.65 bits per heavy atom. The summed E-state index contributed by atoms with van der Waals surface area (Å²) in [6.45, 7) is 1.92. The standard InChI is InChI=1S/C13H11FO2S/c1-8-3-6-12(17-8)13(15)10-7-9(14)4-5-11(10)16-2/h3-7H,1-2H3. The van der Waals surface area contributed by atoms with Crippen LogP contribution >= 0.6 is 11.3 Å². The summed E-state index contributed by atoms with van der Waals surface area (Å²) in [6, 6.07) is 7.55. The van der Waals surface area contributed by atoms with Crippen LogP contribution in [0.5, 0.6) is 5.75 Å². The third-order valence-corrected chi connectivity index (χ3v) is 3.37. The van der Waals surface area contributed by atoms with Crippen LogP contribution in [0.2, 0.25) is 0 Å². The molecule has 0 N–H and O–H groups in total. The highest BCUT2D eigenvalue weighted by molar-refractivity contribution is 7.14. The van der Waals surface area contributed by atoms with Gasteiger partial charge in [-0.15, -0.1) is 11.3 Å². The molecule has 0 bridgehead atoms. The second kappa shape index (κ2) is 4.67. The van der Waals surface area contributed by atoms with Gasteiger partial charge in [-0.3, -0.25) is 4.79 Å². The van der Waals surface area contributed by atoms with Crippen LogP contribution in [-0.4, -0.2) is 12.9 Å². The van der Waals surface area contributed by atoms with Crippen molar-refractivity contribution in [1.82, 2.24) is 0 Å². The second-order valence-electron chi connectivity index (χ2n) is 3.58. The van der Waals surface area contributed by atoms with Gasteiger partial charge in [0.15, 0.2) is 0 Å². The summed E-state index contributed by atoms with van der Waals surface area (Å²) >= 11 is 1.39. The van der Waals surface area contributed by atoms with Crippen molar-refractivity contribution in [3.63, 3.8) is 0 Å². The quantitative estimate of drug-likeness (QED) is 0.780. The summed E-state index contributed by atoms with van der Waals surface area (Å²) < 4.78 is 18.2. The zero-order valence-electron chi connectivity index (χ0n) is 9.49. The Morgan fingerprint density at radius 2 is 2.06 bits per heavy atom. The van der Waals surface area contributed by atoms with Gasteiger partial charge in [-0.2, -0.15) is 0 Å². The van der Waals surface area contributed by atoms with Crippen LogP contribution in [0.4, 0.5) is 4.39 Å². The minimum absolute atomic E-state index is 0.209. The molecule has 0 unspecified atom stereocenters. The molecule has 1 aromatic heterocycles. The van der Waals surface area contributed by atoms with Gasteiger partial charge in [0.1, 0.15) is 11.6 Å². The summed E-state index contributed by atoms with van der Waals surface area (Å²) in [6.07, 6.45) is 0. The number of carbonyl (C=O) groups excluding carboxylic acids is 1. The van der Waals surface area contributed by atoms with Crippen LogP contribution in [0.1, 0.15) is 20.1 Å². The Balaban J connectivity index is 2.46. The summed E-state index contributed by atoms with van der Waals surface area (Å²) in [5.74, 6) is -0.260. The summed E-state index contributed by atoms with van der Waals surface area (Å²) in [7, 11) is 1.46. The molecule has 1 aromatic carbocycles. The van der Waals surface area contributed by atoms with E-state index in [9.17, 15) is 9.18 Å². The lowest BCUT2D eigenvalue weighted by Crippen LogP contribution is -2.02. The fraction of sp³-hybridized carbons (Fsp3) is 0.154. The SMILES string of the molecule is COc1ccc(F)cc1C(=O)c1ccc(C)s1. The van der Waals surface area contributed by atoms with Crippen LogP contribution in [0.25, 0.3) is 0 Å². The highest BCUT2D eigenvalue weighted by Gasteiger charge is 2.16. The maximum absolute atomic E-state index is 13.2. The van der Waals surface area contributed by atoms with E-state index < -0.39 is 5.82 Å². The van der Waals surface area contributed by atoms with Crippen molar-refractivity contribution in [1.29, 1.82) is 0 Å². The van der Waals surface area contributed by atoms with E-state index in [1.807, 2.05) is 13.0 Å². The van der Waals surface area contributed by atoms with Gasteiger partial charge >= 0.3 is 0 Å². The number of aryl methyl sites for hydroxylation is 1. The molecule has 1 heterocycles. The van der Waals surface area contributed by atoms with Crippen molar-refractivity contribution in [3.8, 4) is 5.75 Å². The molecule has 0 aliphatic carbocycles. The maximum atomic E-state index is 13.2. The molecule has 0 amide bonds. The molecular weight excluding hydrogens is 239 g/mol. The van der Waals surface area contributed by atoms with E-state index in [-0.39, 0.29) is 11.3 Å². The first-order valence-electron chi connectivity index (χ1n) is 5.06. The van der Waals surface area contributed by atoms with Gasteiger partial charge in [0.25, 0.3) is 0 Å². The molecule has 2 nitrogen and oxygen atoms in total. The Kier molecular flexibility index (Phi) is 3.24. The molecule has 4 heteroatoms. The van der Waals surface area contributed by atoms with Crippen molar-refractivity contribution in [2.24, 2.45) is 0 Å². The Hall–Kier alpha value is -1.68. The molecule has 0 spiro atoms. The zero-order valence-corrected chi connectivity index (χ0v) is 10.3. The van der Waals surface area contributed by atoms with E-state index in [4.69, 9.17) is 4.74 Å². The van der Waals surface area contributed by atoms with Gasteiger partial charge in [-0.05, 0) is 37.3 Å². The van der Waals surface area contributed by atoms with Crippen molar-refractivity contribution < 1.29 is 13.9 Å². The number of ketones is 1. The number of halogens is 1. The fourth-order valence-electron chi connectivity index (χ4n) is 1.55. The molecule has 0 saturated heterocycles. The zero-order chi connectivity index (χ0) is 12.4. The molecule has 88 valence electrons. The molecule has 2 rings (SSSR count). The van der Waals surface area contributed by atoms with Crippen LogP contribution in [0, 0.1) is 12.7 Å². The lowest BCUT2D eigenvalue weighted by Gasteiger charge is -2.06. The number of rotatable bonds is 3. The number of carbonyl (C=O) groups is 1. The molecule has 2 aromatic rings. The van der Waals surface area contributed by atoms with Crippen molar-refractivity contribution in [2.45, 2.75) is 6.92 Å². The average Bonchev–Trinajstić information content (AvgIpc) is 2.75. The lowest BCUT2D eigenvalue weighted by atomic mass is 10.1. The van der Waals surface area contributed by atoms with Gasteiger partial charge < -0.3 is 4.74 Å². The van der Waals surface area contributed by atoms with Crippen LogP contribution < -0.4 is 4.74 Å². The average molecular weight is 250 g/mol. The first kappa shape index (κ1) is 11.8. The molecule has 17 heavy (non-hydrogen) atoms. The van der Waals surface area contributed by atoms with Gasteiger partial charge in [-0.25, -0.2) is 4.39 Å². The Morgan fingerprint density at radius 1 is 1.29 bits per heavy atom. The minimum Gasteiger partial charge on any atom is -0.496 e. The van der Waals surface area contributed by atoms with Crippen molar-refractivity contribution in [2.75, 3.05) is 7.11 Å². The third-order valence-electron chi connectivity index (χ3n) is 2.37. The summed E-state index contributed by atoms with van der Waals surface area (Å²) in [5.41, 5.74) is 0.259. The fourth-order valence-corrected chi connectivity index (χ4v) is 2.37. The normalized spacial score (nSPS) is 10.3. The lowest BCUT2D eigenvalue weighted by molar-refractivity contribution is 0.103. The van der Waals surface area contributed by atoms with Gasteiger partial charge in [0.05, 0.1) is 17.6 Å². The van der Waals surface area contributed by atoms with Gasteiger partial charge in [0.2, 0.25) is 5.78 Å². The Bertz CT molecular complexity index is 560. The van der Waals surface area contributed by atoms with Crippen LogP contribution in [-0.2, 0) is 0 Å². The topological polar surface area (TPSA) is 26.3 Å². The van der Waals surface area contributed by atoms with Gasteiger partial charge in [0, 0.05) is 4.88 Å². The van der Waals surface area contributed by atoms with Crippen LogP contribution in [0.3, 0.4) is 0 Å². The predicted octanol–water partition coefficient (Wildman–Crippen LogP) is 3.44. The van der Waals surface area contributed by atoms with Gasteiger partial charge in [-0.1, -0.05) is 0 Å². The number of ether oxygens (including phenoxy) is 1. The largest absolute Gasteiger partial charge is 0.496 e. The first-order chi connectivity index (χ1) is 8.11. The van der Waals surface area contributed by atoms with Crippen molar-refractivity contribution in [3.05, 3.63) is 51.5 Å². The third kappa shape index (κ3) is 2.36. The molecule has 0 radical (unpaired) electrons. The highest BCUT2D eigenvalue weighted by Crippen LogP contribution is 2.25. The number of methoxy groups -OCH3 is 1. The van der Waals surface area contributed by atoms with E-state index in [1.54, 1.807) is 6.07 Å². The number of thiophene rings is 1. The molecule has 0 atom stereocenters. The van der Waals surface area contributed by atoms with Crippen LogP contribution in [0.15, 0.2) is 30.3 Å². The molecule has 0 saturated carbocycles. The van der Waals surface area contributed by atoms with E-state index in [2.05, 4.69) is 0 Å². The van der Waals surface area contributed by atoms with Crippen molar-refractivity contribution >= 4 is 17.1 Å². The monoisotopic (exact) mass is 250 g/mol. The van der Waals surface area contributed by atoms with E-state index >= 15 is 0 Å². The second-order valence-corrected chi connectivity index (χ2v) is 4.87. The first-order valence-corrected chi connectivity index (χ1v) is 5.88. The summed E-state index contributed by atoms with van der Waals surface area (Å²) in [4.78, 5) is 13.8. The molecule has 0 aliphatic heterocycles. The molecule has 0 aliphatic rings. The minimum atomic E-state index is -0.442. The molecule has 0 fully saturated rings. The van der Waals surface area contributed by atoms with E-state index in [0.717, 1.165) is 4.88 Å². The summed E-state index contributed by atoms with van der Waals surface area (Å²) in [5, 5.41) is 0. The van der Waals surface area contributed by atoms with E-state index in [0.29, 0.717) is 10.6 Å². The molecular formula is C13H11FO2S. The Labute approximate surface area is 103 Å². The number of hydrogen-bond acceptors (Lipinski definition) is 3. The maximum Gasteiger partial charge on any atom is 0.206 e. The van der Waals surface area contributed by atoms with E-state index in [1.165, 1.54) is 36.6 Å². The number of hydrogen-bond donors (Lipinski definition) is 0. The highest BCUT2D eigenvalue weighted by atomic mass is 32.1. The predicted molar refractivity (Wildman–Crippen MR) is 65.4 cm³/mol.